The SMILES string of the molecule is C=CCNCC(O)Cn1ccnc1[N+](=O)[O-].Cl. The van der Waals surface area contributed by atoms with Gasteiger partial charge in [-0.05, 0) is 4.92 Å². The summed E-state index contributed by atoms with van der Waals surface area (Å²) in [5.41, 5.74) is 0. The largest absolute Gasteiger partial charge is 0.434 e. The van der Waals surface area contributed by atoms with Gasteiger partial charge < -0.3 is 20.5 Å². The molecule has 0 amide bonds. The first kappa shape index (κ1) is 15.6. The van der Waals surface area contributed by atoms with E-state index in [2.05, 4.69) is 16.9 Å². The van der Waals surface area contributed by atoms with E-state index < -0.39 is 11.0 Å². The zero-order valence-corrected chi connectivity index (χ0v) is 9.97. The summed E-state index contributed by atoms with van der Waals surface area (Å²) in [6.45, 7) is 4.60. The van der Waals surface area contributed by atoms with Crippen LogP contribution in [0, 0.1) is 10.1 Å². The molecule has 0 aliphatic heterocycles. The highest BCUT2D eigenvalue weighted by molar-refractivity contribution is 5.85. The molecular formula is C9H15ClN4O3. The molecule has 1 atom stereocenters. The van der Waals surface area contributed by atoms with Crippen molar-refractivity contribution in [2.45, 2.75) is 12.6 Å². The second-order valence-corrected chi connectivity index (χ2v) is 3.24. The van der Waals surface area contributed by atoms with Gasteiger partial charge in [-0.1, -0.05) is 11.1 Å². The van der Waals surface area contributed by atoms with Crippen LogP contribution in [0.5, 0.6) is 0 Å². The van der Waals surface area contributed by atoms with Gasteiger partial charge in [-0.15, -0.1) is 19.0 Å². The van der Waals surface area contributed by atoms with Crippen molar-refractivity contribution >= 4 is 18.4 Å². The van der Waals surface area contributed by atoms with Gasteiger partial charge >= 0.3 is 5.95 Å². The van der Waals surface area contributed by atoms with E-state index in [0.717, 1.165) is 0 Å². The quantitative estimate of drug-likeness (QED) is 0.320. The van der Waals surface area contributed by atoms with E-state index in [-0.39, 0.29) is 24.9 Å². The zero-order valence-electron chi connectivity index (χ0n) is 9.15. The summed E-state index contributed by atoms with van der Waals surface area (Å²) in [6.07, 6.45) is 3.77. The van der Waals surface area contributed by atoms with Gasteiger partial charge in [0.25, 0.3) is 0 Å². The number of hydrogen-bond donors (Lipinski definition) is 2. The number of nitrogens with one attached hydrogen (secondary N) is 1. The number of halogens is 1. The maximum absolute atomic E-state index is 10.5. The van der Waals surface area contributed by atoms with Crippen molar-refractivity contribution in [1.82, 2.24) is 14.9 Å². The normalized spacial score (nSPS) is 11.6. The average molecular weight is 263 g/mol. The van der Waals surface area contributed by atoms with Gasteiger partial charge in [0.2, 0.25) is 0 Å². The highest BCUT2D eigenvalue weighted by Crippen LogP contribution is 2.07. The highest BCUT2D eigenvalue weighted by Gasteiger charge is 2.16. The maximum atomic E-state index is 10.5. The second-order valence-electron chi connectivity index (χ2n) is 3.24. The van der Waals surface area contributed by atoms with Crippen molar-refractivity contribution in [3.63, 3.8) is 0 Å². The van der Waals surface area contributed by atoms with E-state index in [1.54, 1.807) is 6.08 Å². The number of nitrogens with zero attached hydrogens (tertiary/aromatic N) is 3. The molecule has 1 heterocycles. The third kappa shape index (κ3) is 4.94. The first-order valence-corrected chi connectivity index (χ1v) is 4.80. The number of rotatable bonds is 7. The molecule has 0 saturated carbocycles. The minimum absolute atomic E-state index is 0. The second kappa shape index (κ2) is 7.77. The first-order valence-electron chi connectivity index (χ1n) is 4.80. The standard InChI is InChI=1S/C9H14N4O3.ClH/c1-2-3-10-6-8(14)7-12-5-4-11-9(12)13(15)16;/h2,4-5,8,10,14H,1,3,6-7H2;1H. The molecule has 0 saturated heterocycles. The molecule has 1 aromatic rings. The summed E-state index contributed by atoms with van der Waals surface area (Å²) in [5, 5.41) is 23.0. The third-order valence-electron chi connectivity index (χ3n) is 1.93. The van der Waals surface area contributed by atoms with Gasteiger partial charge in [-0.25, -0.2) is 4.57 Å². The van der Waals surface area contributed by atoms with E-state index in [1.165, 1.54) is 17.0 Å². The van der Waals surface area contributed by atoms with Crippen LogP contribution in [0.15, 0.2) is 25.0 Å². The molecule has 0 spiro atoms. The maximum Gasteiger partial charge on any atom is 0.434 e. The predicted molar refractivity (Wildman–Crippen MR) is 65.2 cm³/mol. The molecular weight excluding hydrogens is 248 g/mol. The van der Waals surface area contributed by atoms with Crippen LogP contribution in [0.4, 0.5) is 5.95 Å². The van der Waals surface area contributed by atoms with Crippen LogP contribution >= 0.6 is 12.4 Å². The zero-order chi connectivity index (χ0) is 12.0. The molecule has 7 nitrogen and oxygen atoms in total. The Kier molecular flexibility index (Phi) is 7.11. The highest BCUT2D eigenvalue weighted by atomic mass is 35.5. The molecule has 1 unspecified atom stereocenters. The van der Waals surface area contributed by atoms with Crippen molar-refractivity contribution in [2.75, 3.05) is 13.1 Å². The van der Waals surface area contributed by atoms with E-state index in [4.69, 9.17) is 0 Å². The van der Waals surface area contributed by atoms with Crippen LogP contribution in [-0.4, -0.2) is 38.8 Å². The molecule has 0 radical (unpaired) electrons. The van der Waals surface area contributed by atoms with Crippen LogP contribution in [-0.2, 0) is 6.54 Å². The number of aromatic nitrogens is 2. The molecule has 96 valence electrons. The molecule has 0 aromatic carbocycles. The Labute approximate surface area is 105 Å². The Bertz CT molecular complexity index is 369. The Morgan fingerprint density at radius 2 is 2.47 bits per heavy atom. The molecule has 0 bridgehead atoms. The number of hydrogen-bond acceptors (Lipinski definition) is 5. The Morgan fingerprint density at radius 1 is 1.76 bits per heavy atom. The topological polar surface area (TPSA) is 93.2 Å². The lowest BCUT2D eigenvalue weighted by atomic mass is 10.3. The fraction of sp³-hybridized carbons (Fsp3) is 0.444. The van der Waals surface area contributed by atoms with Crippen LogP contribution in [0.2, 0.25) is 0 Å². The van der Waals surface area contributed by atoms with E-state index >= 15 is 0 Å². The summed E-state index contributed by atoms with van der Waals surface area (Å²) < 4.78 is 1.31. The minimum Gasteiger partial charge on any atom is -0.390 e. The summed E-state index contributed by atoms with van der Waals surface area (Å²) in [4.78, 5) is 13.5. The van der Waals surface area contributed by atoms with Crippen LogP contribution in [0.1, 0.15) is 0 Å². The molecule has 1 rings (SSSR count). The van der Waals surface area contributed by atoms with Gasteiger partial charge in [-0.2, -0.15) is 0 Å². The fourth-order valence-corrected chi connectivity index (χ4v) is 1.26. The average Bonchev–Trinajstić information content (AvgIpc) is 2.66. The Hall–Kier alpha value is -1.44. The third-order valence-corrected chi connectivity index (χ3v) is 1.93. The van der Waals surface area contributed by atoms with Gasteiger partial charge in [-0.3, -0.25) is 0 Å². The predicted octanol–water partition coefficient (Wildman–Crippen LogP) is 0.350. The van der Waals surface area contributed by atoms with Crippen LogP contribution < -0.4 is 5.32 Å². The molecule has 0 aliphatic rings. The summed E-state index contributed by atoms with van der Waals surface area (Å²) >= 11 is 0. The van der Waals surface area contributed by atoms with Gasteiger partial charge in [0.1, 0.15) is 12.4 Å². The molecule has 2 N–H and O–H groups in total. The number of aliphatic hydroxyl groups is 1. The molecule has 17 heavy (non-hydrogen) atoms. The molecule has 0 fully saturated rings. The summed E-state index contributed by atoms with van der Waals surface area (Å²) in [6, 6.07) is 0. The van der Waals surface area contributed by atoms with Crippen molar-refractivity contribution < 1.29 is 10.0 Å². The monoisotopic (exact) mass is 262 g/mol. The van der Waals surface area contributed by atoms with E-state index in [9.17, 15) is 15.2 Å². The van der Waals surface area contributed by atoms with E-state index in [0.29, 0.717) is 13.1 Å². The Morgan fingerprint density at radius 3 is 3.06 bits per heavy atom. The van der Waals surface area contributed by atoms with E-state index in [1.807, 2.05) is 0 Å². The smallest absolute Gasteiger partial charge is 0.390 e. The van der Waals surface area contributed by atoms with Crippen molar-refractivity contribution in [3.05, 3.63) is 35.2 Å². The molecule has 8 heteroatoms. The lowest BCUT2D eigenvalue weighted by Gasteiger charge is -2.09. The fourth-order valence-electron chi connectivity index (χ4n) is 1.26. The van der Waals surface area contributed by atoms with Crippen molar-refractivity contribution in [1.29, 1.82) is 0 Å². The van der Waals surface area contributed by atoms with Crippen molar-refractivity contribution in [3.8, 4) is 0 Å². The van der Waals surface area contributed by atoms with Gasteiger partial charge in [0.05, 0.1) is 12.6 Å². The Balaban J connectivity index is 0.00000256. The van der Waals surface area contributed by atoms with Crippen LogP contribution in [0.3, 0.4) is 0 Å². The minimum atomic E-state index is -0.701. The number of aliphatic hydroxyl groups excluding tert-OH is 1. The summed E-state index contributed by atoms with van der Waals surface area (Å²) in [5.74, 6) is -0.261. The van der Waals surface area contributed by atoms with Gasteiger partial charge in [0, 0.05) is 13.1 Å². The summed E-state index contributed by atoms with van der Waals surface area (Å²) in [7, 11) is 0. The first-order chi connectivity index (χ1) is 7.65. The van der Waals surface area contributed by atoms with Gasteiger partial charge in [0.15, 0.2) is 0 Å². The van der Waals surface area contributed by atoms with Crippen LogP contribution in [0.25, 0.3) is 0 Å². The molecule has 0 aliphatic carbocycles. The lowest BCUT2D eigenvalue weighted by molar-refractivity contribution is -0.397. The number of imidazole rings is 1. The molecule has 1 aromatic heterocycles. The van der Waals surface area contributed by atoms with Crippen molar-refractivity contribution in [2.24, 2.45) is 0 Å². The number of nitro groups is 1. The lowest BCUT2D eigenvalue weighted by Crippen LogP contribution is -2.30.